The minimum Gasteiger partial charge on any atom is -0.344 e. The van der Waals surface area contributed by atoms with Gasteiger partial charge in [-0.25, -0.2) is 0 Å². The molecule has 0 spiro atoms. The highest BCUT2D eigenvalue weighted by molar-refractivity contribution is 6.39. The standard InChI is InChI=1S/C19H20N4O3/c1-13-10-15(6-7-16(13)23-9-3-5-17(23)24)22-19(26)18(25)21-12-14-4-2-8-20-11-14/h2,4,6-8,10-11H,3,5,9,12H2,1H3,(H,21,25)(H,22,26). The minimum absolute atomic E-state index is 0.111. The van der Waals surface area contributed by atoms with Gasteiger partial charge in [0.15, 0.2) is 0 Å². The SMILES string of the molecule is Cc1cc(NC(=O)C(=O)NCc2cccnc2)ccc1N1CCCC1=O. The van der Waals surface area contributed by atoms with Gasteiger partial charge in [-0.05, 0) is 48.7 Å². The van der Waals surface area contributed by atoms with Crippen LogP contribution in [0, 0.1) is 6.92 Å². The maximum absolute atomic E-state index is 12.0. The van der Waals surface area contributed by atoms with E-state index in [1.807, 2.05) is 13.0 Å². The third-order valence-electron chi connectivity index (χ3n) is 4.20. The number of pyridine rings is 1. The van der Waals surface area contributed by atoms with Crippen molar-refractivity contribution in [1.29, 1.82) is 0 Å². The van der Waals surface area contributed by atoms with Crippen molar-refractivity contribution in [3.05, 3.63) is 53.9 Å². The van der Waals surface area contributed by atoms with E-state index in [1.54, 1.807) is 41.6 Å². The third kappa shape index (κ3) is 4.05. The fraction of sp³-hybridized carbons (Fsp3) is 0.263. The molecule has 2 N–H and O–H groups in total. The first-order valence-electron chi connectivity index (χ1n) is 8.43. The Hall–Kier alpha value is -3.22. The van der Waals surface area contributed by atoms with Gasteiger partial charge in [-0.2, -0.15) is 0 Å². The number of carbonyl (C=O) groups is 3. The average molecular weight is 352 g/mol. The van der Waals surface area contributed by atoms with E-state index in [2.05, 4.69) is 15.6 Å². The minimum atomic E-state index is -0.738. The number of carbonyl (C=O) groups excluding carboxylic acids is 3. The lowest BCUT2D eigenvalue weighted by Gasteiger charge is -2.19. The number of hydrogen-bond acceptors (Lipinski definition) is 4. The zero-order chi connectivity index (χ0) is 18.5. The van der Waals surface area contributed by atoms with Gasteiger partial charge in [-0.1, -0.05) is 6.07 Å². The topological polar surface area (TPSA) is 91.4 Å². The molecule has 1 aromatic heterocycles. The van der Waals surface area contributed by atoms with Gasteiger partial charge in [-0.15, -0.1) is 0 Å². The Morgan fingerprint density at radius 1 is 1.23 bits per heavy atom. The lowest BCUT2D eigenvalue weighted by molar-refractivity contribution is -0.136. The number of rotatable bonds is 4. The number of benzene rings is 1. The lowest BCUT2D eigenvalue weighted by Crippen LogP contribution is -2.35. The molecule has 2 heterocycles. The van der Waals surface area contributed by atoms with Crippen LogP contribution in [-0.2, 0) is 20.9 Å². The van der Waals surface area contributed by atoms with Crippen LogP contribution >= 0.6 is 0 Å². The molecule has 3 amide bonds. The molecule has 7 nitrogen and oxygen atoms in total. The summed E-state index contributed by atoms with van der Waals surface area (Å²) in [5, 5.41) is 5.13. The number of hydrogen-bond donors (Lipinski definition) is 2. The van der Waals surface area contributed by atoms with Gasteiger partial charge in [0.05, 0.1) is 0 Å². The Labute approximate surface area is 151 Å². The summed E-state index contributed by atoms with van der Waals surface area (Å²) in [4.78, 5) is 41.5. The van der Waals surface area contributed by atoms with E-state index in [9.17, 15) is 14.4 Å². The van der Waals surface area contributed by atoms with Crippen molar-refractivity contribution < 1.29 is 14.4 Å². The molecule has 1 aromatic carbocycles. The summed E-state index contributed by atoms with van der Waals surface area (Å²) in [7, 11) is 0. The molecule has 0 atom stereocenters. The van der Waals surface area contributed by atoms with E-state index in [-0.39, 0.29) is 12.5 Å². The largest absolute Gasteiger partial charge is 0.344 e. The van der Waals surface area contributed by atoms with E-state index in [0.717, 1.165) is 23.2 Å². The van der Waals surface area contributed by atoms with Crippen molar-refractivity contribution in [1.82, 2.24) is 10.3 Å². The molecular weight excluding hydrogens is 332 g/mol. The summed E-state index contributed by atoms with van der Waals surface area (Å²) in [6, 6.07) is 8.82. The van der Waals surface area contributed by atoms with Crippen LogP contribution in [0.15, 0.2) is 42.7 Å². The Kier molecular flexibility index (Phi) is 5.26. The van der Waals surface area contributed by atoms with Crippen molar-refractivity contribution in [3.63, 3.8) is 0 Å². The fourth-order valence-corrected chi connectivity index (χ4v) is 2.89. The highest BCUT2D eigenvalue weighted by Crippen LogP contribution is 2.27. The molecule has 0 aliphatic carbocycles. The van der Waals surface area contributed by atoms with Crippen LogP contribution in [0.1, 0.15) is 24.0 Å². The molecule has 2 aromatic rings. The van der Waals surface area contributed by atoms with Crippen molar-refractivity contribution >= 4 is 29.1 Å². The highest BCUT2D eigenvalue weighted by Gasteiger charge is 2.23. The van der Waals surface area contributed by atoms with Crippen LogP contribution in [-0.4, -0.2) is 29.3 Å². The second-order valence-corrected chi connectivity index (χ2v) is 6.15. The fourth-order valence-electron chi connectivity index (χ4n) is 2.89. The molecular formula is C19H20N4O3. The van der Waals surface area contributed by atoms with E-state index >= 15 is 0 Å². The monoisotopic (exact) mass is 352 g/mol. The number of amides is 3. The summed E-state index contributed by atoms with van der Waals surface area (Å²) in [6.07, 6.45) is 4.68. The van der Waals surface area contributed by atoms with Crippen molar-refractivity contribution in [2.24, 2.45) is 0 Å². The predicted octanol–water partition coefficient (Wildman–Crippen LogP) is 1.77. The normalized spacial score (nSPS) is 13.6. The quantitative estimate of drug-likeness (QED) is 0.821. The zero-order valence-corrected chi connectivity index (χ0v) is 14.5. The smallest absolute Gasteiger partial charge is 0.313 e. The molecule has 1 aliphatic rings. The van der Waals surface area contributed by atoms with Gasteiger partial charge in [0, 0.05) is 43.3 Å². The molecule has 7 heteroatoms. The number of anilines is 2. The van der Waals surface area contributed by atoms with Gasteiger partial charge in [0.25, 0.3) is 0 Å². The number of aryl methyl sites for hydroxylation is 1. The van der Waals surface area contributed by atoms with Crippen molar-refractivity contribution in [2.75, 3.05) is 16.8 Å². The van der Waals surface area contributed by atoms with Crippen LogP contribution in [0.5, 0.6) is 0 Å². The van der Waals surface area contributed by atoms with Crippen molar-refractivity contribution in [3.8, 4) is 0 Å². The predicted molar refractivity (Wildman–Crippen MR) is 97.5 cm³/mol. The second-order valence-electron chi connectivity index (χ2n) is 6.15. The van der Waals surface area contributed by atoms with Gasteiger partial charge < -0.3 is 15.5 Å². The molecule has 1 aliphatic heterocycles. The van der Waals surface area contributed by atoms with E-state index < -0.39 is 11.8 Å². The molecule has 0 unspecified atom stereocenters. The van der Waals surface area contributed by atoms with E-state index in [0.29, 0.717) is 18.7 Å². The Bertz CT molecular complexity index is 836. The zero-order valence-electron chi connectivity index (χ0n) is 14.5. The van der Waals surface area contributed by atoms with Gasteiger partial charge in [-0.3, -0.25) is 19.4 Å². The lowest BCUT2D eigenvalue weighted by atomic mass is 10.1. The number of nitrogens with one attached hydrogen (secondary N) is 2. The molecule has 1 fully saturated rings. The maximum Gasteiger partial charge on any atom is 0.313 e. The van der Waals surface area contributed by atoms with Crippen LogP contribution < -0.4 is 15.5 Å². The first-order chi connectivity index (χ1) is 12.5. The Morgan fingerprint density at radius 2 is 2.08 bits per heavy atom. The van der Waals surface area contributed by atoms with E-state index in [4.69, 9.17) is 0 Å². The van der Waals surface area contributed by atoms with Crippen LogP contribution in [0.3, 0.4) is 0 Å². The van der Waals surface area contributed by atoms with Gasteiger partial charge >= 0.3 is 11.8 Å². The highest BCUT2D eigenvalue weighted by atomic mass is 16.2. The molecule has 0 bridgehead atoms. The summed E-state index contributed by atoms with van der Waals surface area (Å²) >= 11 is 0. The molecule has 0 radical (unpaired) electrons. The van der Waals surface area contributed by atoms with Crippen molar-refractivity contribution in [2.45, 2.75) is 26.3 Å². The average Bonchev–Trinajstić information content (AvgIpc) is 3.06. The molecule has 0 saturated carbocycles. The summed E-state index contributed by atoms with van der Waals surface area (Å²) in [6.45, 7) is 2.82. The van der Waals surface area contributed by atoms with Crippen LogP contribution in [0.2, 0.25) is 0 Å². The van der Waals surface area contributed by atoms with Crippen LogP contribution in [0.25, 0.3) is 0 Å². The second kappa shape index (κ2) is 7.77. The van der Waals surface area contributed by atoms with E-state index in [1.165, 1.54) is 0 Å². The molecule has 26 heavy (non-hydrogen) atoms. The maximum atomic E-state index is 12.0. The third-order valence-corrected chi connectivity index (χ3v) is 4.20. The van der Waals surface area contributed by atoms with Gasteiger partial charge in [0.1, 0.15) is 0 Å². The number of aromatic nitrogens is 1. The Balaban J connectivity index is 1.59. The van der Waals surface area contributed by atoms with Gasteiger partial charge in [0.2, 0.25) is 5.91 Å². The first kappa shape index (κ1) is 17.6. The molecule has 134 valence electrons. The molecule has 1 saturated heterocycles. The first-order valence-corrected chi connectivity index (χ1v) is 8.43. The summed E-state index contributed by atoms with van der Waals surface area (Å²) < 4.78 is 0. The summed E-state index contributed by atoms with van der Waals surface area (Å²) in [5.41, 5.74) is 3.03. The summed E-state index contributed by atoms with van der Waals surface area (Å²) in [5.74, 6) is -1.34. The molecule has 3 rings (SSSR count). The number of nitrogens with zero attached hydrogens (tertiary/aromatic N) is 2. The Morgan fingerprint density at radius 3 is 2.73 bits per heavy atom. The van der Waals surface area contributed by atoms with Crippen LogP contribution in [0.4, 0.5) is 11.4 Å².